The van der Waals surface area contributed by atoms with E-state index in [2.05, 4.69) is 4.72 Å². The third kappa shape index (κ3) is 4.48. The number of carbonyl (C=O) groups is 1. The fraction of sp³-hybridized carbons (Fsp3) is 0.567. The Morgan fingerprint density at radius 1 is 1.03 bits per heavy atom. The van der Waals surface area contributed by atoms with Crippen molar-refractivity contribution < 1.29 is 18.3 Å². The Balaban J connectivity index is 1.34. The van der Waals surface area contributed by atoms with E-state index in [4.69, 9.17) is 0 Å². The number of rotatable bonds is 5. The van der Waals surface area contributed by atoms with Gasteiger partial charge in [-0.2, -0.15) is 0 Å². The van der Waals surface area contributed by atoms with Gasteiger partial charge in [0, 0.05) is 28.9 Å². The molecule has 1 amide bonds. The van der Waals surface area contributed by atoms with Crippen LogP contribution in [0.2, 0.25) is 0 Å². The standard InChI is InChI=1S/C30H38N2O4S/c1-28(34,22-7-3-4-8-22)23-9-5-6-21(18-23)27(33)32-20-30(16-14-29(12-13-29)15-17-30)25-19-24(10-11-26(25)32)31-37(2,35)36/h5-6,9-11,18-19,22,31,34H,3-4,7-8,12-17,20H2,1-2H3. The van der Waals surface area contributed by atoms with Crippen LogP contribution in [0.4, 0.5) is 11.4 Å². The minimum Gasteiger partial charge on any atom is -0.385 e. The molecule has 1 unspecified atom stereocenters. The van der Waals surface area contributed by atoms with Gasteiger partial charge in [-0.3, -0.25) is 9.52 Å². The quantitative estimate of drug-likeness (QED) is 0.527. The fourth-order valence-corrected chi connectivity index (χ4v) is 7.89. The summed E-state index contributed by atoms with van der Waals surface area (Å²) in [5.74, 6) is 0.157. The predicted molar refractivity (Wildman–Crippen MR) is 146 cm³/mol. The monoisotopic (exact) mass is 522 g/mol. The van der Waals surface area contributed by atoms with Crippen molar-refractivity contribution in [3.8, 4) is 0 Å². The third-order valence-electron chi connectivity index (χ3n) is 9.94. The highest BCUT2D eigenvalue weighted by molar-refractivity contribution is 7.92. The zero-order chi connectivity index (χ0) is 26.1. The number of benzene rings is 2. The molecule has 2 spiro atoms. The van der Waals surface area contributed by atoms with Crippen LogP contribution in [-0.4, -0.2) is 32.2 Å². The molecule has 0 bridgehead atoms. The summed E-state index contributed by atoms with van der Waals surface area (Å²) in [6.07, 6.45) is 12.5. The van der Waals surface area contributed by atoms with Crippen LogP contribution in [0.5, 0.6) is 0 Å². The Kier molecular flexibility index (Phi) is 5.77. The van der Waals surface area contributed by atoms with Gasteiger partial charge in [0.2, 0.25) is 10.0 Å². The number of hydrogen-bond donors (Lipinski definition) is 2. The van der Waals surface area contributed by atoms with Gasteiger partial charge in [-0.15, -0.1) is 0 Å². The zero-order valence-corrected chi connectivity index (χ0v) is 22.7. The molecule has 6 rings (SSSR count). The maximum absolute atomic E-state index is 14.0. The van der Waals surface area contributed by atoms with E-state index < -0.39 is 15.6 Å². The number of sulfonamides is 1. The van der Waals surface area contributed by atoms with Crippen molar-refractivity contribution in [1.82, 2.24) is 0 Å². The van der Waals surface area contributed by atoms with E-state index in [-0.39, 0.29) is 17.2 Å². The lowest BCUT2D eigenvalue weighted by atomic mass is 9.66. The third-order valence-corrected chi connectivity index (χ3v) is 10.5. The molecule has 7 heteroatoms. The molecule has 2 aromatic rings. The van der Waals surface area contributed by atoms with Crippen molar-refractivity contribution in [2.75, 3.05) is 22.4 Å². The second kappa shape index (κ2) is 8.57. The Hall–Kier alpha value is -2.38. The highest BCUT2D eigenvalue weighted by Crippen LogP contribution is 2.62. The van der Waals surface area contributed by atoms with Gasteiger partial charge in [-0.05, 0) is 111 Å². The largest absolute Gasteiger partial charge is 0.385 e. The Morgan fingerprint density at radius 3 is 2.35 bits per heavy atom. The molecule has 198 valence electrons. The summed E-state index contributed by atoms with van der Waals surface area (Å²) in [5, 5.41) is 11.4. The van der Waals surface area contributed by atoms with Crippen molar-refractivity contribution >= 4 is 27.3 Å². The normalized spacial score (nSPS) is 23.7. The van der Waals surface area contributed by atoms with E-state index in [1.165, 1.54) is 12.8 Å². The van der Waals surface area contributed by atoms with Gasteiger partial charge >= 0.3 is 0 Å². The van der Waals surface area contributed by atoms with Crippen LogP contribution in [0, 0.1) is 11.3 Å². The topological polar surface area (TPSA) is 86.7 Å². The average molecular weight is 523 g/mol. The van der Waals surface area contributed by atoms with Crippen LogP contribution in [0.15, 0.2) is 42.5 Å². The molecule has 6 nitrogen and oxygen atoms in total. The number of carbonyl (C=O) groups excluding carboxylic acids is 1. The lowest BCUT2D eigenvalue weighted by Crippen LogP contribution is -2.40. The van der Waals surface area contributed by atoms with Gasteiger partial charge < -0.3 is 10.0 Å². The minimum absolute atomic E-state index is 0.0577. The average Bonchev–Trinajstić information content (AvgIpc) is 3.27. The molecule has 2 N–H and O–H groups in total. The molecule has 3 aliphatic carbocycles. The number of hydrogen-bond acceptors (Lipinski definition) is 4. The molecular formula is C30H38N2O4S. The molecule has 1 atom stereocenters. The van der Waals surface area contributed by atoms with Gasteiger partial charge in [0.15, 0.2) is 0 Å². The first kappa shape index (κ1) is 24.9. The van der Waals surface area contributed by atoms with E-state index in [1.54, 1.807) is 6.07 Å². The van der Waals surface area contributed by atoms with E-state index in [1.807, 2.05) is 48.2 Å². The molecule has 3 fully saturated rings. The molecule has 1 aliphatic heterocycles. The molecule has 0 saturated heterocycles. The summed E-state index contributed by atoms with van der Waals surface area (Å²) in [6.45, 7) is 2.50. The van der Waals surface area contributed by atoms with Gasteiger partial charge in [0.1, 0.15) is 0 Å². The SMILES string of the molecule is CC(O)(c1cccc(C(=O)N2CC3(CCC4(CC4)CC3)c3cc(NS(C)(=O)=O)ccc32)c1)C1CCCC1. The van der Waals surface area contributed by atoms with Crippen molar-refractivity contribution in [3.63, 3.8) is 0 Å². The number of nitrogens with one attached hydrogen (secondary N) is 1. The summed E-state index contributed by atoms with van der Waals surface area (Å²) in [6, 6.07) is 13.2. The van der Waals surface area contributed by atoms with Crippen LogP contribution in [0.1, 0.15) is 92.6 Å². The Morgan fingerprint density at radius 2 is 1.70 bits per heavy atom. The van der Waals surface area contributed by atoms with Crippen molar-refractivity contribution in [1.29, 1.82) is 0 Å². The molecule has 4 aliphatic rings. The minimum atomic E-state index is -3.40. The van der Waals surface area contributed by atoms with E-state index in [9.17, 15) is 18.3 Å². The highest BCUT2D eigenvalue weighted by atomic mass is 32.2. The summed E-state index contributed by atoms with van der Waals surface area (Å²) >= 11 is 0. The van der Waals surface area contributed by atoms with E-state index in [0.29, 0.717) is 23.2 Å². The molecule has 0 radical (unpaired) electrons. The lowest BCUT2D eigenvalue weighted by molar-refractivity contribution is -0.00335. The predicted octanol–water partition coefficient (Wildman–Crippen LogP) is 5.71. The van der Waals surface area contributed by atoms with Gasteiger partial charge in [-0.25, -0.2) is 8.42 Å². The smallest absolute Gasteiger partial charge is 0.258 e. The molecule has 3 saturated carbocycles. The van der Waals surface area contributed by atoms with Crippen molar-refractivity contribution in [2.24, 2.45) is 11.3 Å². The number of nitrogens with zero attached hydrogens (tertiary/aromatic N) is 1. The fourth-order valence-electron chi connectivity index (χ4n) is 7.34. The van der Waals surface area contributed by atoms with Crippen LogP contribution >= 0.6 is 0 Å². The molecule has 2 aromatic carbocycles. The van der Waals surface area contributed by atoms with Crippen molar-refractivity contribution in [2.45, 2.75) is 82.1 Å². The first-order valence-corrected chi connectivity index (χ1v) is 15.7. The number of amides is 1. The van der Waals surface area contributed by atoms with Gasteiger partial charge in [0.05, 0.1) is 11.9 Å². The zero-order valence-electron chi connectivity index (χ0n) is 21.9. The first-order valence-electron chi connectivity index (χ1n) is 13.8. The molecular weight excluding hydrogens is 484 g/mol. The van der Waals surface area contributed by atoms with Crippen LogP contribution in [0.3, 0.4) is 0 Å². The van der Waals surface area contributed by atoms with E-state index in [0.717, 1.165) is 74.4 Å². The maximum atomic E-state index is 14.0. The number of fused-ring (bicyclic) bond motifs is 2. The number of anilines is 2. The summed E-state index contributed by atoms with van der Waals surface area (Å²) in [5.41, 5.74) is 3.31. The van der Waals surface area contributed by atoms with Crippen LogP contribution in [0.25, 0.3) is 0 Å². The second-order valence-corrected chi connectivity index (χ2v) is 14.2. The summed E-state index contributed by atoms with van der Waals surface area (Å²) in [7, 11) is -3.40. The summed E-state index contributed by atoms with van der Waals surface area (Å²) in [4.78, 5) is 15.9. The number of aliphatic hydroxyl groups is 1. The van der Waals surface area contributed by atoms with Crippen LogP contribution in [-0.2, 0) is 21.0 Å². The summed E-state index contributed by atoms with van der Waals surface area (Å²) < 4.78 is 26.5. The Labute approximate surface area is 220 Å². The molecule has 37 heavy (non-hydrogen) atoms. The van der Waals surface area contributed by atoms with E-state index >= 15 is 0 Å². The maximum Gasteiger partial charge on any atom is 0.258 e. The molecule has 0 aromatic heterocycles. The van der Waals surface area contributed by atoms with Gasteiger partial charge in [0.25, 0.3) is 5.91 Å². The highest BCUT2D eigenvalue weighted by Gasteiger charge is 2.53. The van der Waals surface area contributed by atoms with Crippen LogP contribution < -0.4 is 9.62 Å². The lowest BCUT2D eigenvalue weighted by Gasteiger charge is -2.38. The van der Waals surface area contributed by atoms with Crippen molar-refractivity contribution in [3.05, 3.63) is 59.2 Å². The molecule has 1 heterocycles. The Bertz CT molecular complexity index is 1330. The first-order chi connectivity index (χ1) is 17.5. The second-order valence-electron chi connectivity index (χ2n) is 12.5. The van der Waals surface area contributed by atoms with Gasteiger partial charge in [-0.1, -0.05) is 25.0 Å².